The predicted octanol–water partition coefficient (Wildman–Crippen LogP) is 3.16. The molecule has 2 aromatic carbocycles. The number of hydrogen-bond donors (Lipinski definition) is 1. The van der Waals surface area contributed by atoms with E-state index >= 15 is 0 Å². The average molecular weight is 358 g/mol. The van der Waals surface area contributed by atoms with Gasteiger partial charge in [-0.3, -0.25) is 9.59 Å². The van der Waals surface area contributed by atoms with Crippen molar-refractivity contribution in [2.45, 2.75) is 31.7 Å². The Morgan fingerprint density at radius 3 is 2.15 bits per heavy atom. The number of hydrogen-bond acceptors (Lipinski definition) is 2. The number of amides is 2. The van der Waals surface area contributed by atoms with Crippen LogP contribution in [0.2, 0.25) is 0 Å². The summed E-state index contributed by atoms with van der Waals surface area (Å²) in [5.74, 6) is -1.09. The topological polar surface area (TPSA) is 49.4 Å². The van der Waals surface area contributed by atoms with Crippen molar-refractivity contribution in [3.63, 3.8) is 0 Å². The maximum atomic E-state index is 13.1. The zero-order valence-corrected chi connectivity index (χ0v) is 14.6. The van der Waals surface area contributed by atoms with E-state index < -0.39 is 5.41 Å². The van der Waals surface area contributed by atoms with Crippen LogP contribution in [0.25, 0.3) is 0 Å². The van der Waals surface area contributed by atoms with Gasteiger partial charge in [-0.2, -0.15) is 0 Å². The molecule has 1 N–H and O–H groups in total. The fourth-order valence-corrected chi connectivity index (χ4v) is 3.04. The number of rotatable bonds is 4. The van der Waals surface area contributed by atoms with Crippen LogP contribution in [-0.2, 0) is 15.0 Å². The zero-order chi connectivity index (χ0) is 18.9. The van der Waals surface area contributed by atoms with Crippen LogP contribution >= 0.6 is 0 Å². The van der Waals surface area contributed by atoms with Crippen molar-refractivity contribution in [3.05, 3.63) is 65.7 Å². The van der Waals surface area contributed by atoms with Gasteiger partial charge < -0.3 is 10.2 Å². The van der Waals surface area contributed by atoms with Gasteiger partial charge in [-0.1, -0.05) is 12.1 Å². The molecule has 1 fully saturated rings. The summed E-state index contributed by atoms with van der Waals surface area (Å²) < 4.78 is 26.2. The van der Waals surface area contributed by atoms with Crippen molar-refractivity contribution in [2.24, 2.45) is 0 Å². The van der Waals surface area contributed by atoms with Gasteiger partial charge >= 0.3 is 0 Å². The summed E-state index contributed by atoms with van der Waals surface area (Å²) in [6, 6.07) is 11.1. The molecular formula is C20H20F2N2O2. The first-order chi connectivity index (χ1) is 12.3. The molecular weight excluding hydrogens is 338 g/mol. The first kappa shape index (κ1) is 18.0. The minimum atomic E-state index is -0.861. The second-order valence-electron chi connectivity index (χ2n) is 6.99. The lowest BCUT2D eigenvalue weighted by Crippen LogP contribution is -2.46. The van der Waals surface area contributed by atoms with E-state index in [1.54, 1.807) is 38.1 Å². The van der Waals surface area contributed by atoms with Gasteiger partial charge in [0.2, 0.25) is 11.8 Å². The predicted molar refractivity (Wildman–Crippen MR) is 94.7 cm³/mol. The van der Waals surface area contributed by atoms with E-state index in [-0.39, 0.29) is 35.9 Å². The molecule has 2 amide bonds. The number of anilines is 1. The Bertz CT molecular complexity index is 817. The minimum absolute atomic E-state index is 0.124. The standard InChI is InChI=1S/C20H20F2N2O2/c1-20(2,13-3-5-14(21)6-4-13)19(26)23-16-11-18(25)24(12-16)17-9-7-15(22)8-10-17/h3-10,16H,11-12H2,1-2H3,(H,23,26)/t16-/m1/s1. The van der Waals surface area contributed by atoms with Crippen LogP contribution < -0.4 is 10.2 Å². The van der Waals surface area contributed by atoms with Gasteiger partial charge in [0.05, 0.1) is 11.5 Å². The van der Waals surface area contributed by atoms with Crippen molar-refractivity contribution >= 4 is 17.5 Å². The highest BCUT2D eigenvalue weighted by Gasteiger charge is 2.36. The Morgan fingerprint density at radius 1 is 1.04 bits per heavy atom. The summed E-state index contributed by atoms with van der Waals surface area (Å²) in [6.45, 7) is 3.84. The average Bonchev–Trinajstić information content (AvgIpc) is 2.96. The third-order valence-electron chi connectivity index (χ3n) is 4.73. The number of halogens is 2. The summed E-state index contributed by atoms with van der Waals surface area (Å²) in [6.07, 6.45) is 0.183. The number of benzene rings is 2. The number of nitrogens with zero attached hydrogens (tertiary/aromatic N) is 1. The normalized spacial score (nSPS) is 17.5. The monoisotopic (exact) mass is 358 g/mol. The maximum absolute atomic E-state index is 13.1. The molecule has 6 heteroatoms. The van der Waals surface area contributed by atoms with Crippen molar-refractivity contribution in [1.82, 2.24) is 5.32 Å². The lowest BCUT2D eigenvalue weighted by molar-refractivity contribution is -0.126. The van der Waals surface area contributed by atoms with Crippen molar-refractivity contribution < 1.29 is 18.4 Å². The van der Waals surface area contributed by atoms with E-state index in [1.807, 2.05) is 0 Å². The fourth-order valence-electron chi connectivity index (χ4n) is 3.04. The fraction of sp³-hybridized carbons (Fsp3) is 0.300. The summed E-state index contributed by atoms with van der Waals surface area (Å²) in [5.41, 5.74) is 0.433. The Morgan fingerprint density at radius 2 is 1.58 bits per heavy atom. The second-order valence-corrected chi connectivity index (χ2v) is 6.99. The molecule has 2 aromatic rings. The quantitative estimate of drug-likeness (QED) is 0.913. The molecule has 0 bridgehead atoms. The zero-order valence-electron chi connectivity index (χ0n) is 14.6. The van der Waals surface area contributed by atoms with Gasteiger partial charge in [-0.25, -0.2) is 8.78 Å². The van der Waals surface area contributed by atoms with E-state index in [9.17, 15) is 18.4 Å². The second kappa shape index (κ2) is 6.86. The molecule has 1 aliphatic rings. The Balaban J connectivity index is 1.69. The van der Waals surface area contributed by atoms with E-state index in [2.05, 4.69) is 5.32 Å². The first-order valence-electron chi connectivity index (χ1n) is 8.40. The third-order valence-corrected chi connectivity index (χ3v) is 4.73. The van der Waals surface area contributed by atoms with Gasteiger partial charge in [-0.15, -0.1) is 0 Å². The van der Waals surface area contributed by atoms with Crippen LogP contribution in [0.1, 0.15) is 25.8 Å². The molecule has 0 aromatic heterocycles. The molecule has 0 aliphatic carbocycles. The first-order valence-corrected chi connectivity index (χ1v) is 8.40. The molecule has 26 heavy (non-hydrogen) atoms. The third kappa shape index (κ3) is 3.59. The largest absolute Gasteiger partial charge is 0.350 e. The van der Waals surface area contributed by atoms with Crippen molar-refractivity contribution in [1.29, 1.82) is 0 Å². The lowest BCUT2D eigenvalue weighted by Gasteiger charge is -2.26. The Labute approximate surface area is 150 Å². The molecule has 0 radical (unpaired) electrons. The summed E-state index contributed by atoms with van der Waals surface area (Å²) in [5, 5.41) is 2.90. The Kier molecular flexibility index (Phi) is 4.76. The van der Waals surface area contributed by atoms with Crippen LogP contribution in [0, 0.1) is 11.6 Å². The van der Waals surface area contributed by atoms with Crippen LogP contribution in [0.5, 0.6) is 0 Å². The SMILES string of the molecule is CC(C)(C(=O)N[C@@H]1CC(=O)N(c2ccc(F)cc2)C1)c1ccc(F)cc1. The van der Waals surface area contributed by atoms with E-state index in [1.165, 1.54) is 29.2 Å². The molecule has 1 atom stereocenters. The summed E-state index contributed by atoms with van der Waals surface area (Å²) in [7, 11) is 0. The molecule has 136 valence electrons. The van der Waals surface area contributed by atoms with E-state index in [4.69, 9.17) is 0 Å². The number of nitrogens with one attached hydrogen (secondary N) is 1. The molecule has 0 unspecified atom stereocenters. The van der Waals surface area contributed by atoms with Gasteiger partial charge in [0, 0.05) is 18.7 Å². The van der Waals surface area contributed by atoms with Crippen LogP contribution in [0.3, 0.4) is 0 Å². The minimum Gasteiger partial charge on any atom is -0.350 e. The van der Waals surface area contributed by atoms with Crippen molar-refractivity contribution in [2.75, 3.05) is 11.4 Å². The highest BCUT2D eigenvalue weighted by molar-refractivity contribution is 5.97. The molecule has 0 spiro atoms. The molecule has 4 nitrogen and oxygen atoms in total. The number of carbonyl (C=O) groups excluding carboxylic acids is 2. The van der Waals surface area contributed by atoms with Crippen molar-refractivity contribution in [3.8, 4) is 0 Å². The number of carbonyl (C=O) groups is 2. The molecule has 3 rings (SSSR count). The smallest absolute Gasteiger partial charge is 0.230 e. The lowest BCUT2D eigenvalue weighted by atomic mass is 9.83. The van der Waals surface area contributed by atoms with Gasteiger partial charge in [0.15, 0.2) is 0 Å². The molecule has 1 saturated heterocycles. The Hall–Kier alpha value is -2.76. The molecule has 1 aliphatic heterocycles. The molecule has 1 heterocycles. The van der Waals surface area contributed by atoms with Gasteiger partial charge in [0.1, 0.15) is 11.6 Å². The van der Waals surface area contributed by atoms with E-state index in [0.29, 0.717) is 17.8 Å². The summed E-state index contributed by atoms with van der Waals surface area (Å²) in [4.78, 5) is 26.5. The summed E-state index contributed by atoms with van der Waals surface area (Å²) >= 11 is 0. The molecule has 0 saturated carbocycles. The maximum Gasteiger partial charge on any atom is 0.230 e. The van der Waals surface area contributed by atoms with Gasteiger partial charge in [-0.05, 0) is 55.8 Å². The van der Waals surface area contributed by atoms with Crippen LogP contribution in [-0.4, -0.2) is 24.4 Å². The highest BCUT2D eigenvalue weighted by atomic mass is 19.1. The highest BCUT2D eigenvalue weighted by Crippen LogP contribution is 2.26. The van der Waals surface area contributed by atoms with Gasteiger partial charge in [0.25, 0.3) is 0 Å². The van der Waals surface area contributed by atoms with E-state index in [0.717, 1.165) is 0 Å². The van der Waals surface area contributed by atoms with Crippen LogP contribution in [0.15, 0.2) is 48.5 Å². The van der Waals surface area contributed by atoms with Crippen LogP contribution in [0.4, 0.5) is 14.5 Å².